The van der Waals surface area contributed by atoms with Crippen molar-refractivity contribution in [3.8, 4) is 0 Å². The summed E-state index contributed by atoms with van der Waals surface area (Å²) in [6.07, 6.45) is 13.1. The van der Waals surface area contributed by atoms with Gasteiger partial charge in [0, 0.05) is 20.1 Å². The molecule has 3 rings (SSSR count). The number of rotatable bonds is 7. The van der Waals surface area contributed by atoms with Gasteiger partial charge in [-0.15, -0.1) is 24.0 Å². The largest absolute Gasteiger partial charge is 0.468 e. The molecule has 0 spiro atoms. The van der Waals surface area contributed by atoms with Crippen LogP contribution in [0.5, 0.6) is 0 Å². The molecule has 0 amide bonds. The van der Waals surface area contributed by atoms with Gasteiger partial charge in [0.05, 0.1) is 12.3 Å². The van der Waals surface area contributed by atoms with Crippen molar-refractivity contribution < 1.29 is 4.42 Å². The quantitative estimate of drug-likeness (QED) is 0.272. The first-order chi connectivity index (χ1) is 12.4. The molecule has 1 aromatic heterocycles. The molecular formula is C20H33IN4O. The molecule has 1 saturated heterocycles. The summed E-state index contributed by atoms with van der Waals surface area (Å²) in [5.41, 5.74) is 1.60. The van der Waals surface area contributed by atoms with Gasteiger partial charge in [-0.25, -0.2) is 0 Å². The van der Waals surface area contributed by atoms with Crippen LogP contribution >= 0.6 is 24.0 Å². The molecule has 1 aliphatic heterocycles. The predicted octanol–water partition coefficient (Wildman–Crippen LogP) is 4.09. The van der Waals surface area contributed by atoms with Gasteiger partial charge in [-0.3, -0.25) is 9.89 Å². The second kappa shape index (κ2) is 11.6. The number of halogens is 1. The van der Waals surface area contributed by atoms with Crippen molar-refractivity contribution in [2.75, 3.05) is 33.2 Å². The molecule has 2 heterocycles. The van der Waals surface area contributed by atoms with E-state index in [9.17, 15) is 0 Å². The van der Waals surface area contributed by atoms with Crippen LogP contribution in [0, 0.1) is 0 Å². The Hall–Kier alpha value is -1.02. The highest BCUT2D eigenvalue weighted by Crippen LogP contribution is 2.24. The third-order valence-electron chi connectivity index (χ3n) is 5.26. The molecule has 146 valence electrons. The summed E-state index contributed by atoms with van der Waals surface area (Å²) in [4.78, 5) is 6.88. The number of allylic oxidation sites excluding steroid dienone is 1. The van der Waals surface area contributed by atoms with Crippen LogP contribution in [0.15, 0.2) is 39.5 Å². The van der Waals surface area contributed by atoms with E-state index >= 15 is 0 Å². The molecule has 2 aliphatic rings. The molecule has 1 atom stereocenters. The minimum atomic E-state index is 0. The maximum absolute atomic E-state index is 5.69. The molecule has 1 unspecified atom stereocenters. The van der Waals surface area contributed by atoms with Gasteiger partial charge < -0.3 is 15.1 Å². The zero-order valence-electron chi connectivity index (χ0n) is 15.9. The number of aliphatic imine (C=N–C) groups is 1. The summed E-state index contributed by atoms with van der Waals surface area (Å²) >= 11 is 0. The lowest BCUT2D eigenvalue weighted by Crippen LogP contribution is -2.42. The molecule has 1 fully saturated rings. The van der Waals surface area contributed by atoms with E-state index in [1.807, 2.05) is 13.1 Å². The third-order valence-corrected chi connectivity index (χ3v) is 5.26. The highest BCUT2D eigenvalue weighted by Gasteiger charge is 2.25. The Bertz CT molecular complexity index is 564. The first-order valence-electron chi connectivity index (χ1n) is 9.76. The minimum Gasteiger partial charge on any atom is -0.468 e. The van der Waals surface area contributed by atoms with Crippen molar-refractivity contribution in [3.63, 3.8) is 0 Å². The summed E-state index contributed by atoms with van der Waals surface area (Å²) in [5, 5.41) is 6.95. The lowest BCUT2D eigenvalue weighted by Gasteiger charge is -2.26. The minimum absolute atomic E-state index is 0. The van der Waals surface area contributed by atoms with Crippen LogP contribution in [0.4, 0.5) is 0 Å². The summed E-state index contributed by atoms with van der Waals surface area (Å²) in [7, 11) is 1.84. The summed E-state index contributed by atoms with van der Waals surface area (Å²) in [6, 6.07) is 4.33. The Morgan fingerprint density at radius 3 is 2.73 bits per heavy atom. The number of furan rings is 1. The molecule has 0 aromatic carbocycles. The van der Waals surface area contributed by atoms with E-state index < -0.39 is 0 Å². The molecule has 26 heavy (non-hydrogen) atoms. The van der Waals surface area contributed by atoms with Crippen LogP contribution in [0.1, 0.15) is 56.7 Å². The van der Waals surface area contributed by atoms with Gasteiger partial charge >= 0.3 is 0 Å². The first-order valence-corrected chi connectivity index (χ1v) is 9.76. The van der Waals surface area contributed by atoms with Gasteiger partial charge in [-0.2, -0.15) is 0 Å². The third kappa shape index (κ3) is 6.30. The fourth-order valence-electron chi connectivity index (χ4n) is 3.83. The highest BCUT2D eigenvalue weighted by molar-refractivity contribution is 14.0. The normalized spacial score (nSPS) is 19.6. The molecule has 0 bridgehead atoms. The smallest absolute Gasteiger partial charge is 0.191 e. The zero-order valence-corrected chi connectivity index (χ0v) is 18.2. The Morgan fingerprint density at radius 1 is 1.23 bits per heavy atom. The molecule has 6 heteroatoms. The Balaban J connectivity index is 0.00000243. The molecule has 5 nitrogen and oxygen atoms in total. The fourth-order valence-corrected chi connectivity index (χ4v) is 3.83. The fraction of sp³-hybridized carbons (Fsp3) is 0.650. The summed E-state index contributed by atoms with van der Waals surface area (Å²) < 4.78 is 5.69. The lowest BCUT2D eigenvalue weighted by atomic mass is 9.97. The number of likely N-dealkylation sites (tertiary alicyclic amines) is 1. The average molecular weight is 472 g/mol. The average Bonchev–Trinajstić information content (AvgIpc) is 3.36. The summed E-state index contributed by atoms with van der Waals surface area (Å²) in [6.45, 7) is 4.05. The van der Waals surface area contributed by atoms with E-state index in [2.05, 4.69) is 32.7 Å². The maximum Gasteiger partial charge on any atom is 0.191 e. The molecular weight excluding hydrogens is 439 g/mol. The van der Waals surface area contributed by atoms with Crippen molar-refractivity contribution in [2.45, 2.75) is 51.0 Å². The highest BCUT2D eigenvalue weighted by atomic mass is 127. The predicted molar refractivity (Wildman–Crippen MR) is 118 cm³/mol. The van der Waals surface area contributed by atoms with Crippen molar-refractivity contribution in [1.82, 2.24) is 15.5 Å². The van der Waals surface area contributed by atoms with Crippen LogP contribution in [-0.2, 0) is 0 Å². The molecule has 2 N–H and O–H groups in total. The number of guanidine groups is 1. The van der Waals surface area contributed by atoms with Crippen molar-refractivity contribution in [1.29, 1.82) is 0 Å². The standard InChI is InChI=1S/C20H32N4O.HI/c1-21-20(22-12-11-17-8-3-2-4-9-17)23-16-18(19-10-7-15-25-19)24-13-5-6-14-24;/h7-8,10,15,18H,2-6,9,11-14,16H2,1H3,(H2,21,22,23);1H. The van der Waals surface area contributed by atoms with E-state index in [-0.39, 0.29) is 30.0 Å². The van der Waals surface area contributed by atoms with Gasteiger partial charge in [0.15, 0.2) is 5.96 Å². The summed E-state index contributed by atoms with van der Waals surface area (Å²) in [5.74, 6) is 1.92. The van der Waals surface area contributed by atoms with E-state index in [1.165, 1.54) is 38.5 Å². The van der Waals surface area contributed by atoms with Crippen molar-refractivity contribution >= 4 is 29.9 Å². The number of hydrogen-bond acceptors (Lipinski definition) is 3. The molecule has 1 aromatic rings. The van der Waals surface area contributed by atoms with E-state index in [0.717, 1.165) is 44.3 Å². The van der Waals surface area contributed by atoms with Crippen LogP contribution < -0.4 is 10.6 Å². The number of nitrogens with one attached hydrogen (secondary N) is 2. The monoisotopic (exact) mass is 472 g/mol. The van der Waals surface area contributed by atoms with Gasteiger partial charge in [0.2, 0.25) is 0 Å². The van der Waals surface area contributed by atoms with Gasteiger partial charge in [-0.05, 0) is 70.2 Å². The van der Waals surface area contributed by atoms with Gasteiger partial charge in [-0.1, -0.05) is 11.6 Å². The van der Waals surface area contributed by atoms with Crippen molar-refractivity contribution in [3.05, 3.63) is 35.8 Å². The van der Waals surface area contributed by atoms with Gasteiger partial charge in [0.25, 0.3) is 0 Å². The molecule has 0 saturated carbocycles. The number of nitrogens with zero attached hydrogens (tertiary/aromatic N) is 2. The second-order valence-corrected chi connectivity index (χ2v) is 7.01. The number of hydrogen-bond donors (Lipinski definition) is 2. The molecule has 1 aliphatic carbocycles. The maximum atomic E-state index is 5.69. The van der Waals surface area contributed by atoms with E-state index in [0.29, 0.717) is 0 Å². The van der Waals surface area contributed by atoms with Crippen LogP contribution in [0.3, 0.4) is 0 Å². The Labute approximate surface area is 174 Å². The lowest BCUT2D eigenvalue weighted by molar-refractivity contribution is 0.215. The van der Waals surface area contributed by atoms with Crippen LogP contribution in [-0.4, -0.2) is 44.1 Å². The topological polar surface area (TPSA) is 52.8 Å². The van der Waals surface area contributed by atoms with Crippen LogP contribution in [0.2, 0.25) is 0 Å². The van der Waals surface area contributed by atoms with E-state index in [4.69, 9.17) is 4.42 Å². The second-order valence-electron chi connectivity index (χ2n) is 7.01. The van der Waals surface area contributed by atoms with Gasteiger partial charge in [0.1, 0.15) is 5.76 Å². The first kappa shape index (κ1) is 21.3. The van der Waals surface area contributed by atoms with E-state index in [1.54, 1.807) is 11.8 Å². The molecule has 0 radical (unpaired) electrons. The Kier molecular flexibility index (Phi) is 9.53. The van der Waals surface area contributed by atoms with Crippen molar-refractivity contribution in [2.24, 2.45) is 4.99 Å². The Morgan fingerprint density at radius 2 is 2.08 bits per heavy atom. The SMILES string of the molecule is CN=C(NCCC1=CCCCC1)NCC(c1ccco1)N1CCCC1.I. The van der Waals surface area contributed by atoms with Crippen LogP contribution in [0.25, 0.3) is 0 Å². The zero-order chi connectivity index (χ0) is 17.3.